The molecule has 1 aromatic carbocycles. The van der Waals surface area contributed by atoms with Crippen molar-refractivity contribution in [1.82, 2.24) is 14.9 Å². The lowest BCUT2D eigenvalue weighted by Crippen LogP contribution is -2.30. The summed E-state index contributed by atoms with van der Waals surface area (Å²) in [5.41, 5.74) is 0.534. The lowest BCUT2D eigenvalue weighted by molar-refractivity contribution is -0.118. The highest BCUT2D eigenvalue weighted by molar-refractivity contribution is 7.99. The van der Waals surface area contributed by atoms with Crippen molar-refractivity contribution in [2.75, 3.05) is 26.0 Å². The molecule has 6 nitrogen and oxygen atoms in total. The summed E-state index contributed by atoms with van der Waals surface area (Å²) in [5, 5.41) is 3.99. The van der Waals surface area contributed by atoms with Gasteiger partial charge in [0.1, 0.15) is 0 Å². The maximum absolute atomic E-state index is 12.9. The van der Waals surface area contributed by atoms with Gasteiger partial charge in [0.25, 0.3) is 5.56 Å². The summed E-state index contributed by atoms with van der Waals surface area (Å²) in [7, 11) is 1.60. The molecular weight excluding hydrogens is 338 g/mol. The molecule has 0 saturated carbocycles. The standard InChI is InChI=1S/C18H25N3O3S/c1-4-5-10-19-16(22)12-25-18-20-15-9-7-6-8-14(15)17(23)21(18)13(2)11-24-3/h6-9,13H,4-5,10-12H2,1-3H3,(H,19,22). The van der Waals surface area contributed by atoms with Crippen LogP contribution >= 0.6 is 11.8 Å². The molecule has 0 bridgehead atoms. The summed E-state index contributed by atoms with van der Waals surface area (Å²) in [6, 6.07) is 7.09. The molecule has 1 aromatic heterocycles. The molecule has 0 saturated heterocycles. The smallest absolute Gasteiger partial charge is 0.262 e. The van der Waals surface area contributed by atoms with E-state index < -0.39 is 0 Å². The molecule has 0 fully saturated rings. The number of amides is 1. The number of fused-ring (bicyclic) bond motifs is 1. The molecule has 0 aliphatic rings. The van der Waals surface area contributed by atoms with Gasteiger partial charge >= 0.3 is 0 Å². The number of unbranched alkanes of at least 4 members (excludes halogenated alkanes) is 1. The van der Waals surface area contributed by atoms with Crippen molar-refractivity contribution in [2.24, 2.45) is 0 Å². The Hall–Kier alpha value is -1.86. The maximum Gasteiger partial charge on any atom is 0.262 e. The van der Waals surface area contributed by atoms with Crippen molar-refractivity contribution in [3.8, 4) is 0 Å². The van der Waals surface area contributed by atoms with Crippen LogP contribution in [0, 0.1) is 0 Å². The van der Waals surface area contributed by atoms with Crippen molar-refractivity contribution in [2.45, 2.75) is 37.9 Å². The number of benzene rings is 1. The molecule has 136 valence electrons. The number of ether oxygens (including phenoxy) is 1. The maximum atomic E-state index is 12.9. The minimum atomic E-state index is -0.166. The van der Waals surface area contributed by atoms with Gasteiger partial charge in [0, 0.05) is 13.7 Å². The Morgan fingerprint density at radius 2 is 2.16 bits per heavy atom. The molecule has 1 heterocycles. The third-order valence-corrected chi connectivity index (χ3v) is 4.76. The molecule has 1 atom stereocenters. The fraction of sp³-hybridized carbons (Fsp3) is 0.500. The Bertz CT molecular complexity index is 776. The lowest BCUT2D eigenvalue weighted by atomic mass is 10.2. The average molecular weight is 363 g/mol. The zero-order valence-corrected chi connectivity index (χ0v) is 15.8. The van der Waals surface area contributed by atoms with Crippen molar-refractivity contribution in [3.05, 3.63) is 34.6 Å². The molecule has 1 amide bonds. The highest BCUT2D eigenvalue weighted by atomic mass is 32.2. The minimum absolute atomic E-state index is 0.0493. The molecular formula is C18H25N3O3S. The lowest BCUT2D eigenvalue weighted by Gasteiger charge is -2.18. The SMILES string of the molecule is CCCCNC(=O)CSc1nc2ccccc2c(=O)n1C(C)COC. The average Bonchev–Trinajstić information content (AvgIpc) is 2.60. The van der Waals surface area contributed by atoms with Gasteiger partial charge in [0.2, 0.25) is 5.91 Å². The first kappa shape index (κ1) is 19.5. The van der Waals surface area contributed by atoms with Gasteiger partial charge in [-0.15, -0.1) is 0 Å². The highest BCUT2D eigenvalue weighted by Gasteiger charge is 2.17. The number of hydrogen-bond donors (Lipinski definition) is 1. The first-order chi connectivity index (χ1) is 12.1. The van der Waals surface area contributed by atoms with Crippen molar-refractivity contribution < 1.29 is 9.53 Å². The van der Waals surface area contributed by atoms with Gasteiger partial charge < -0.3 is 10.1 Å². The number of aromatic nitrogens is 2. The highest BCUT2D eigenvalue weighted by Crippen LogP contribution is 2.21. The zero-order valence-electron chi connectivity index (χ0n) is 14.9. The number of nitrogens with zero attached hydrogens (tertiary/aromatic N) is 2. The molecule has 1 unspecified atom stereocenters. The van der Waals surface area contributed by atoms with E-state index >= 15 is 0 Å². The van der Waals surface area contributed by atoms with Crippen LogP contribution in [0.4, 0.5) is 0 Å². The third kappa shape index (κ3) is 5.06. The fourth-order valence-electron chi connectivity index (χ4n) is 2.52. The summed E-state index contributed by atoms with van der Waals surface area (Å²) < 4.78 is 6.82. The zero-order chi connectivity index (χ0) is 18.2. The van der Waals surface area contributed by atoms with Crippen LogP contribution in [-0.4, -0.2) is 41.5 Å². The molecule has 2 aromatic rings. The molecule has 7 heteroatoms. The number of methoxy groups -OCH3 is 1. The Morgan fingerprint density at radius 1 is 1.40 bits per heavy atom. The predicted octanol–water partition coefficient (Wildman–Crippen LogP) is 2.61. The quantitative estimate of drug-likeness (QED) is 0.421. The topological polar surface area (TPSA) is 73.2 Å². The van der Waals surface area contributed by atoms with Gasteiger partial charge in [-0.05, 0) is 25.5 Å². The van der Waals surface area contributed by atoms with Crippen LogP contribution in [-0.2, 0) is 9.53 Å². The Balaban J connectivity index is 2.28. The normalized spacial score (nSPS) is 12.3. The van der Waals surface area contributed by atoms with E-state index in [9.17, 15) is 9.59 Å². The van der Waals surface area contributed by atoms with Gasteiger partial charge in [0.05, 0.1) is 29.3 Å². The van der Waals surface area contributed by atoms with E-state index in [0.717, 1.165) is 12.8 Å². The number of hydrogen-bond acceptors (Lipinski definition) is 5. The van der Waals surface area contributed by atoms with Gasteiger partial charge in [-0.2, -0.15) is 0 Å². The van der Waals surface area contributed by atoms with Crippen LogP contribution in [0.5, 0.6) is 0 Å². The molecule has 0 aliphatic carbocycles. The number of rotatable bonds is 9. The minimum Gasteiger partial charge on any atom is -0.383 e. The monoisotopic (exact) mass is 363 g/mol. The Kier molecular flexibility index (Phi) is 7.46. The van der Waals surface area contributed by atoms with E-state index in [1.54, 1.807) is 17.7 Å². The third-order valence-electron chi connectivity index (χ3n) is 3.81. The summed E-state index contributed by atoms with van der Waals surface area (Å²) in [6.45, 7) is 5.06. The van der Waals surface area contributed by atoms with Crippen LogP contribution < -0.4 is 10.9 Å². The first-order valence-corrected chi connectivity index (χ1v) is 9.46. The molecule has 0 spiro atoms. The van der Waals surface area contributed by atoms with Gasteiger partial charge in [-0.25, -0.2) is 4.98 Å². The van der Waals surface area contributed by atoms with E-state index in [1.165, 1.54) is 11.8 Å². The molecule has 0 radical (unpaired) electrons. The number of carbonyl (C=O) groups is 1. The van der Waals surface area contributed by atoms with E-state index in [2.05, 4.69) is 17.2 Å². The van der Waals surface area contributed by atoms with Crippen molar-refractivity contribution >= 4 is 28.6 Å². The molecule has 0 aliphatic heterocycles. The fourth-order valence-corrected chi connectivity index (χ4v) is 3.44. The van der Waals surface area contributed by atoms with E-state index in [4.69, 9.17) is 4.74 Å². The number of carbonyl (C=O) groups excluding carboxylic acids is 1. The predicted molar refractivity (Wildman–Crippen MR) is 101 cm³/mol. The van der Waals surface area contributed by atoms with Gasteiger partial charge in [-0.1, -0.05) is 37.2 Å². The second-order valence-electron chi connectivity index (χ2n) is 5.88. The van der Waals surface area contributed by atoms with Crippen molar-refractivity contribution in [1.29, 1.82) is 0 Å². The second-order valence-corrected chi connectivity index (χ2v) is 6.83. The van der Waals surface area contributed by atoms with Gasteiger partial charge in [-0.3, -0.25) is 14.2 Å². The number of para-hydroxylation sites is 1. The van der Waals surface area contributed by atoms with Gasteiger partial charge in [0.15, 0.2) is 5.16 Å². The first-order valence-electron chi connectivity index (χ1n) is 8.48. The van der Waals surface area contributed by atoms with E-state index in [-0.39, 0.29) is 23.3 Å². The molecule has 25 heavy (non-hydrogen) atoms. The van der Waals surface area contributed by atoms with Crippen molar-refractivity contribution in [3.63, 3.8) is 0 Å². The summed E-state index contributed by atoms with van der Waals surface area (Å²) in [5.74, 6) is 0.181. The summed E-state index contributed by atoms with van der Waals surface area (Å²) >= 11 is 1.28. The molecule has 2 rings (SSSR count). The number of thioether (sulfide) groups is 1. The summed E-state index contributed by atoms with van der Waals surface area (Å²) in [4.78, 5) is 29.4. The van der Waals surface area contributed by atoms with Crippen LogP contribution in [0.15, 0.2) is 34.2 Å². The Morgan fingerprint density at radius 3 is 2.88 bits per heavy atom. The van der Waals surface area contributed by atoms with Crippen LogP contribution in [0.25, 0.3) is 10.9 Å². The van der Waals surface area contributed by atoms with E-state index in [0.29, 0.717) is 29.2 Å². The van der Waals surface area contributed by atoms with E-state index in [1.807, 2.05) is 25.1 Å². The second kappa shape index (κ2) is 9.58. The summed E-state index contributed by atoms with van der Waals surface area (Å²) in [6.07, 6.45) is 1.99. The molecule has 1 N–H and O–H groups in total. The number of nitrogens with one attached hydrogen (secondary N) is 1. The largest absolute Gasteiger partial charge is 0.383 e. The van der Waals surface area contributed by atoms with Crippen LogP contribution in [0.2, 0.25) is 0 Å². The Labute approximate surface area is 152 Å². The van der Waals surface area contributed by atoms with Crippen LogP contribution in [0.1, 0.15) is 32.7 Å². The van der Waals surface area contributed by atoms with Crippen LogP contribution in [0.3, 0.4) is 0 Å².